The van der Waals surface area contributed by atoms with E-state index in [0.29, 0.717) is 13.1 Å². The standard InChI is InChI=1S/C24H30FN5O.HI/c1-2-26-24(27-10-9-19-17-28-23-8-5-20(25)15-22(19)23)29-16-18-3-6-21(7-4-18)30-11-13-31-14-12-30;/h3-8,15,17,28H,2,9-14,16H2,1H3,(H2,26,27,29);1H. The molecule has 1 aliphatic heterocycles. The zero-order valence-corrected chi connectivity index (χ0v) is 20.7. The zero-order valence-electron chi connectivity index (χ0n) is 18.4. The largest absolute Gasteiger partial charge is 0.378 e. The number of aromatic amines is 1. The summed E-state index contributed by atoms with van der Waals surface area (Å²) in [6.07, 6.45) is 2.73. The smallest absolute Gasteiger partial charge is 0.191 e. The van der Waals surface area contributed by atoms with E-state index in [1.165, 1.54) is 17.3 Å². The Morgan fingerprint density at radius 3 is 2.66 bits per heavy atom. The van der Waals surface area contributed by atoms with Gasteiger partial charge in [-0.25, -0.2) is 9.38 Å². The lowest BCUT2D eigenvalue weighted by Crippen LogP contribution is -2.38. The summed E-state index contributed by atoms with van der Waals surface area (Å²) >= 11 is 0. The molecule has 1 aromatic heterocycles. The average Bonchev–Trinajstić information content (AvgIpc) is 3.20. The van der Waals surface area contributed by atoms with Crippen molar-refractivity contribution >= 4 is 46.5 Å². The van der Waals surface area contributed by atoms with Crippen LogP contribution in [-0.2, 0) is 17.7 Å². The van der Waals surface area contributed by atoms with Gasteiger partial charge in [-0.15, -0.1) is 24.0 Å². The lowest BCUT2D eigenvalue weighted by molar-refractivity contribution is 0.122. The second kappa shape index (κ2) is 12.1. The summed E-state index contributed by atoms with van der Waals surface area (Å²) in [5, 5.41) is 7.61. The van der Waals surface area contributed by atoms with E-state index in [9.17, 15) is 4.39 Å². The van der Waals surface area contributed by atoms with Gasteiger partial charge in [0.15, 0.2) is 5.96 Å². The van der Waals surface area contributed by atoms with Crippen LogP contribution < -0.4 is 15.5 Å². The van der Waals surface area contributed by atoms with Crippen molar-refractivity contribution < 1.29 is 9.13 Å². The fourth-order valence-corrected chi connectivity index (χ4v) is 3.82. The van der Waals surface area contributed by atoms with Crippen LogP contribution in [0.4, 0.5) is 10.1 Å². The second-order valence-corrected chi connectivity index (χ2v) is 7.64. The molecular formula is C24H31FIN5O. The van der Waals surface area contributed by atoms with Gasteiger partial charge in [-0.1, -0.05) is 12.1 Å². The van der Waals surface area contributed by atoms with Crippen LogP contribution in [0, 0.1) is 5.82 Å². The molecule has 1 aliphatic rings. The van der Waals surface area contributed by atoms with Crippen LogP contribution in [0.3, 0.4) is 0 Å². The SMILES string of the molecule is CCNC(=NCc1ccc(N2CCOCC2)cc1)NCCc1c[nH]c2ccc(F)cc12.I. The third kappa shape index (κ3) is 6.35. The number of fused-ring (bicyclic) bond motifs is 1. The molecule has 1 fully saturated rings. The van der Waals surface area contributed by atoms with Crippen LogP contribution in [0.25, 0.3) is 10.9 Å². The van der Waals surface area contributed by atoms with Crippen LogP contribution in [0.5, 0.6) is 0 Å². The topological polar surface area (TPSA) is 64.7 Å². The van der Waals surface area contributed by atoms with Gasteiger partial charge in [-0.3, -0.25) is 0 Å². The number of morpholine rings is 1. The molecule has 1 saturated heterocycles. The second-order valence-electron chi connectivity index (χ2n) is 7.64. The molecule has 0 unspecified atom stereocenters. The number of hydrogen-bond donors (Lipinski definition) is 3. The minimum atomic E-state index is -0.212. The first-order valence-electron chi connectivity index (χ1n) is 10.9. The quantitative estimate of drug-likeness (QED) is 0.236. The molecule has 0 bridgehead atoms. The number of anilines is 1. The number of benzene rings is 2. The van der Waals surface area contributed by atoms with Gasteiger partial charge in [0.25, 0.3) is 0 Å². The number of guanidine groups is 1. The maximum Gasteiger partial charge on any atom is 0.191 e. The summed E-state index contributed by atoms with van der Waals surface area (Å²) in [4.78, 5) is 10.3. The number of nitrogens with zero attached hydrogens (tertiary/aromatic N) is 2. The van der Waals surface area contributed by atoms with Gasteiger partial charge in [0, 0.05) is 49.0 Å². The number of nitrogens with one attached hydrogen (secondary N) is 3. The van der Waals surface area contributed by atoms with Gasteiger partial charge in [0.1, 0.15) is 5.82 Å². The first-order chi connectivity index (χ1) is 15.2. The molecule has 0 saturated carbocycles. The maximum absolute atomic E-state index is 13.6. The normalized spacial score (nSPS) is 14.3. The lowest BCUT2D eigenvalue weighted by atomic mass is 10.1. The summed E-state index contributed by atoms with van der Waals surface area (Å²) in [6.45, 7) is 7.62. The molecule has 3 aromatic rings. The van der Waals surface area contributed by atoms with E-state index in [1.807, 2.05) is 6.20 Å². The van der Waals surface area contributed by atoms with Crippen molar-refractivity contribution in [2.75, 3.05) is 44.3 Å². The fraction of sp³-hybridized carbons (Fsp3) is 0.375. The van der Waals surface area contributed by atoms with E-state index in [2.05, 4.69) is 51.7 Å². The first kappa shape index (κ1) is 24.3. The van der Waals surface area contributed by atoms with Crippen molar-refractivity contribution in [1.29, 1.82) is 0 Å². The fourth-order valence-electron chi connectivity index (χ4n) is 3.82. The number of rotatable bonds is 7. The molecule has 0 amide bonds. The molecule has 0 spiro atoms. The van der Waals surface area contributed by atoms with Crippen molar-refractivity contribution in [3.8, 4) is 0 Å². The van der Waals surface area contributed by atoms with E-state index in [0.717, 1.165) is 61.7 Å². The molecule has 172 valence electrons. The molecule has 2 heterocycles. The van der Waals surface area contributed by atoms with Gasteiger partial charge in [0.05, 0.1) is 19.8 Å². The highest BCUT2D eigenvalue weighted by Crippen LogP contribution is 2.20. The summed E-state index contributed by atoms with van der Waals surface area (Å²) in [7, 11) is 0. The van der Waals surface area contributed by atoms with Gasteiger partial charge in [0.2, 0.25) is 0 Å². The predicted octanol–water partition coefficient (Wildman–Crippen LogP) is 4.06. The number of aromatic nitrogens is 1. The Kier molecular flexibility index (Phi) is 9.16. The molecule has 32 heavy (non-hydrogen) atoms. The molecule has 0 atom stereocenters. The third-order valence-corrected chi connectivity index (χ3v) is 5.49. The Morgan fingerprint density at radius 2 is 1.91 bits per heavy atom. The van der Waals surface area contributed by atoms with Crippen LogP contribution in [0.1, 0.15) is 18.1 Å². The van der Waals surface area contributed by atoms with Crippen molar-refractivity contribution in [2.45, 2.75) is 19.9 Å². The minimum Gasteiger partial charge on any atom is -0.378 e. The first-order valence-corrected chi connectivity index (χ1v) is 10.9. The van der Waals surface area contributed by atoms with E-state index in [-0.39, 0.29) is 29.8 Å². The molecule has 3 N–H and O–H groups in total. The summed E-state index contributed by atoms with van der Waals surface area (Å²) < 4.78 is 19.0. The van der Waals surface area contributed by atoms with E-state index in [4.69, 9.17) is 9.73 Å². The Morgan fingerprint density at radius 1 is 1.12 bits per heavy atom. The highest BCUT2D eigenvalue weighted by Gasteiger charge is 2.10. The molecule has 0 aliphatic carbocycles. The van der Waals surface area contributed by atoms with Crippen LogP contribution >= 0.6 is 24.0 Å². The van der Waals surface area contributed by atoms with Crippen LogP contribution in [-0.4, -0.2) is 50.3 Å². The monoisotopic (exact) mass is 551 g/mol. The molecule has 4 rings (SSSR count). The van der Waals surface area contributed by atoms with Gasteiger partial charge < -0.3 is 25.3 Å². The molecule has 0 radical (unpaired) electrons. The molecule has 8 heteroatoms. The minimum absolute atomic E-state index is 0. The highest BCUT2D eigenvalue weighted by molar-refractivity contribution is 14.0. The van der Waals surface area contributed by atoms with Gasteiger partial charge in [-0.2, -0.15) is 0 Å². The van der Waals surface area contributed by atoms with E-state index >= 15 is 0 Å². The van der Waals surface area contributed by atoms with Crippen molar-refractivity contribution in [3.05, 3.63) is 65.6 Å². The highest BCUT2D eigenvalue weighted by atomic mass is 127. The van der Waals surface area contributed by atoms with Gasteiger partial charge >= 0.3 is 0 Å². The number of H-pyrrole nitrogens is 1. The summed E-state index contributed by atoms with van der Waals surface area (Å²) in [5.41, 5.74) is 4.45. The number of halogens is 2. The van der Waals surface area contributed by atoms with Crippen molar-refractivity contribution in [1.82, 2.24) is 15.6 Å². The van der Waals surface area contributed by atoms with Crippen LogP contribution in [0.2, 0.25) is 0 Å². The predicted molar refractivity (Wildman–Crippen MR) is 140 cm³/mol. The summed E-state index contributed by atoms with van der Waals surface area (Å²) in [6, 6.07) is 13.4. The number of hydrogen-bond acceptors (Lipinski definition) is 3. The third-order valence-electron chi connectivity index (χ3n) is 5.49. The number of aliphatic imine (C=N–C) groups is 1. The Labute approximate surface area is 205 Å². The van der Waals surface area contributed by atoms with E-state index in [1.54, 1.807) is 12.1 Å². The Balaban J connectivity index is 0.00000289. The lowest BCUT2D eigenvalue weighted by Gasteiger charge is -2.28. The van der Waals surface area contributed by atoms with Crippen molar-refractivity contribution in [2.24, 2.45) is 4.99 Å². The molecule has 2 aromatic carbocycles. The Hall–Kier alpha value is -2.33. The van der Waals surface area contributed by atoms with Crippen LogP contribution in [0.15, 0.2) is 53.7 Å². The zero-order chi connectivity index (χ0) is 21.5. The number of ether oxygens (including phenoxy) is 1. The average molecular weight is 551 g/mol. The molecule has 6 nitrogen and oxygen atoms in total. The van der Waals surface area contributed by atoms with Gasteiger partial charge in [-0.05, 0) is 54.8 Å². The summed E-state index contributed by atoms with van der Waals surface area (Å²) in [5.74, 6) is 0.571. The Bertz CT molecular complexity index is 1010. The maximum atomic E-state index is 13.6. The van der Waals surface area contributed by atoms with E-state index < -0.39 is 0 Å². The van der Waals surface area contributed by atoms with Crippen molar-refractivity contribution in [3.63, 3.8) is 0 Å². The molecular weight excluding hydrogens is 520 g/mol.